The number of benzene rings is 8. The monoisotopic (exact) mass is 750 g/mol. The van der Waals surface area contributed by atoms with Gasteiger partial charge in [0.05, 0.1) is 44.7 Å². The highest BCUT2D eigenvalue weighted by atomic mass is 15.0. The minimum absolute atomic E-state index is 0.903. The Hall–Kier alpha value is -7.95. The van der Waals surface area contributed by atoms with Crippen LogP contribution in [0.3, 0.4) is 0 Å². The first-order valence-corrected chi connectivity index (χ1v) is 20.0. The van der Waals surface area contributed by atoms with Gasteiger partial charge in [-0.2, -0.15) is 0 Å². The Labute approximate surface area is 340 Å². The van der Waals surface area contributed by atoms with Crippen molar-refractivity contribution in [2.24, 2.45) is 0 Å². The summed E-state index contributed by atoms with van der Waals surface area (Å²) in [6.45, 7) is 0. The van der Waals surface area contributed by atoms with E-state index in [4.69, 9.17) is 15.0 Å². The van der Waals surface area contributed by atoms with E-state index in [0.29, 0.717) is 0 Å². The molecule has 0 saturated carbocycles. The molecular weight excluding hydrogens is 717 g/mol. The van der Waals surface area contributed by atoms with Crippen LogP contribution in [0.5, 0.6) is 0 Å². The molecule has 0 bridgehead atoms. The summed E-state index contributed by atoms with van der Waals surface area (Å²) < 4.78 is 2.39. The van der Waals surface area contributed by atoms with E-state index in [2.05, 4.69) is 193 Å². The van der Waals surface area contributed by atoms with Gasteiger partial charge >= 0.3 is 0 Å². The van der Waals surface area contributed by atoms with Crippen LogP contribution in [0.4, 0.5) is 0 Å². The van der Waals surface area contributed by atoms with Gasteiger partial charge in [-0.15, -0.1) is 0 Å². The molecule has 59 heavy (non-hydrogen) atoms. The van der Waals surface area contributed by atoms with E-state index in [1.54, 1.807) is 0 Å². The molecule has 12 aromatic rings. The number of hydrogen-bond donors (Lipinski definition) is 0. The summed E-state index contributed by atoms with van der Waals surface area (Å²) >= 11 is 0. The highest BCUT2D eigenvalue weighted by Crippen LogP contribution is 2.44. The van der Waals surface area contributed by atoms with Crippen molar-refractivity contribution in [1.82, 2.24) is 19.5 Å². The summed E-state index contributed by atoms with van der Waals surface area (Å²) in [7, 11) is 0. The minimum Gasteiger partial charge on any atom is -0.309 e. The second-order valence-electron chi connectivity index (χ2n) is 15.1. The Balaban J connectivity index is 1.05. The fraction of sp³-hybridized carbons (Fsp3) is 0. The van der Waals surface area contributed by atoms with E-state index in [1.165, 1.54) is 27.2 Å². The largest absolute Gasteiger partial charge is 0.309 e. The summed E-state index contributed by atoms with van der Waals surface area (Å²) in [4.78, 5) is 15.9. The molecule has 8 aromatic carbocycles. The van der Waals surface area contributed by atoms with Gasteiger partial charge in [0.1, 0.15) is 0 Å². The minimum atomic E-state index is 0.903. The van der Waals surface area contributed by atoms with Gasteiger partial charge in [0.15, 0.2) is 0 Å². The number of rotatable bonds is 5. The van der Waals surface area contributed by atoms with E-state index in [9.17, 15) is 0 Å². The number of aromatic nitrogens is 4. The van der Waals surface area contributed by atoms with E-state index in [1.807, 2.05) is 18.2 Å². The molecule has 12 rings (SSSR count). The third-order valence-corrected chi connectivity index (χ3v) is 11.8. The molecule has 4 heteroatoms. The van der Waals surface area contributed by atoms with E-state index in [-0.39, 0.29) is 0 Å². The maximum atomic E-state index is 5.55. The third-order valence-electron chi connectivity index (χ3n) is 11.8. The van der Waals surface area contributed by atoms with Crippen molar-refractivity contribution >= 4 is 65.3 Å². The molecule has 0 amide bonds. The van der Waals surface area contributed by atoms with Crippen molar-refractivity contribution in [2.75, 3.05) is 0 Å². The topological polar surface area (TPSA) is 43.6 Å². The maximum Gasteiger partial charge on any atom is 0.0972 e. The van der Waals surface area contributed by atoms with Crippen molar-refractivity contribution in [1.29, 1.82) is 0 Å². The van der Waals surface area contributed by atoms with Crippen LogP contribution in [-0.4, -0.2) is 19.5 Å². The Morgan fingerprint density at radius 1 is 0.305 bits per heavy atom. The third kappa shape index (κ3) is 5.34. The van der Waals surface area contributed by atoms with Crippen molar-refractivity contribution in [2.45, 2.75) is 0 Å². The van der Waals surface area contributed by atoms with Crippen LogP contribution < -0.4 is 0 Å². The van der Waals surface area contributed by atoms with Gasteiger partial charge < -0.3 is 4.57 Å². The fourth-order valence-corrected chi connectivity index (χ4v) is 9.00. The smallest absolute Gasteiger partial charge is 0.0972 e. The van der Waals surface area contributed by atoms with Crippen LogP contribution in [0, 0.1) is 0 Å². The van der Waals surface area contributed by atoms with Gasteiger partial charge in [0.25, 0.3) is 0 Å². The maximum absolute atomic E-state index is 5.55. The fourth-order valence-electron chi connectivity index (χ4n) is 9.00. The van der Waals surface area contributed by atoms with Crippen molar-refractivity contribution in [3.8, 4) is 50.6 Å². The summed E-state index contributed by atoms with van der Waals surface area (Å²) in [5.41, 5.74) is 14.5. The Kier molecular flexibility index (Phi) is 7.50. The van der Waals surface area contributed by atoms with Gasteiger partial charge in [-0.3, -0.25) is 0 Å². The molecule has 0 aliphatic rings. The molecule has 0 fully saturated rings. The molecule has 0 aliphatic heterocycles. The zero-order valence-corrected chi connectivity index (χ0v) is 31.9. The first-order valence-electron chi connectivity index (χ1n) is 20.0. The van der Waals surface area contributed by atoms with Crippen LogP contribution in [-0.2, 0) is 0 Å². The molecule has 4 aromatic heterocycles. The average molecular weight is 751 g/mol. The molecule has 0 atom stereocenters. The van der Waals surface area contributed by atoms with Crippen molar-refractivity contribution in [3.05, 3.63) is 206 Å². The SMILES string of the molecule is c1ccc(-c2ccc3ccc4ccc(-c5ccc(-c6cccc7c6nc(-c6ccccc6)c6ccc8c(c9ccccc9n8-c8ccccc8)c67)cc5)nc4c3n2)cc1. The quantitative estimate of drug-likeness (QED) is 0.165. The number of fused-ring (bicyclic) bond motifs is 10. The predicted molar refractivity (Wildman–Crippen MR) is 246 cm³/mol. The number of para-hydroxylation sites is 3. The lowest BCUT2D eigenvalue weighted by atomic mass is 9.93. The van der Waals surface area contributed by atoms with Crippen molar-refractivity contribution in [3.63, 3.8) is 0 Å². The molecule has 0 aliphatic carbocycles. The number of hydrogen-bond acceptors (Lipinski definition) is 3. The molecule has 4 nitrogen and oxygen atoms in total. The predicted octanol–water partition coefficient (Wildman–Crippen LogP) is 14.2. The summed E-state index contributed by atoms with van der Waals surface area (Å²) in [5.74, 6) is 0. The van der Waals surface area contributed by atoms with E-state index < -0.39 is 0 Å². The molecule has 0 saturated heterocycles. The van der Waals surface area contributed by atoms with E-state index in [0.717, 1.165) is 88.7 Å². The molecule has 0 spiro atoms. The number of nitrogens with zero attached hydrogens (tertiary/aromatic N) is 4. The molecular formula is C55H34N4. The van der Waals surface area contributed by atoms with Crippen LogP contribution in [0.15, 0.2) is 206 Å². The van der Waals surface area contributed by atoms with Crippen molar-refractivity contribution < 1.29 is 0 Å². The van der Waals surface area contributed by atoms with Gasteiger partial charge in [0.2, 0.25) is 0 Å². The molecule has 274 valence electrons. The Morgan fingerprint density at radius 3 is 1.56 bits per heavy atom. The van der Waals surface area contributed by atoms with Gasteiger partial charge in [0, 0.05) is 65.6 Å². The van der Waals surface area contributed by atoms with Crippen LogP contribution in [0.25, 0.3) is 116 Å². The van der Waals surface area contributed by atoms with Crippen LogP contribution in [0.2, 0.25) is 0 Å². The zero-order valence-electron chi connectivity index (χ0n) is 31.9. The highest BCUT2D eigenvalue weighted by molar-refractivity contribution is 6.30. The second kappa shape index (κ2) is 13.3. The average Bonchev–Trinajstić information content (AvgIpc) is 3.66. The summed E-state index contributed by atoms with van der Waals surface area (Å²) in [5, 5.41) is 8.09. The lowest BCUT2D eigenvalue weighted by Crippen LogP contribution is -1.95. The highest BCUT2D eigenvalue weighted by Gasteiger charge is 2.21. The lowest BCUT2D eigenvalue weighted by molar-refractivity contribution is 1.18. The Morgan fingerprint density at radius 2 is 0.864 bits per heavy atom. The standard InChI is InChI=1S/C55H34N4/c1-4-13-36(14-5-1)46-32-29-39-27-28-40-30-33-47(57-54(40)53(39)56-46)37-25-23-35(24-26-37)42-20-12-21-44-50-45(52(58-55(42)44)38-15-6-2-7-16-38)31-34-49-51(50)43-19-10-11-22-48(43)59(49)41-17-8-3-9-18-41/h1-34H. The second-order valence-corrected chi connectivity index (χ2v) is 15.1. The molecule has 0 radical (unpaired) electrons. The van der Waals surface area contributed by atoms with Gasteiger partial charge in [-0.05, 0) is 42.0 Å². The molecule has 4 heterocycles. The zero-order chi connectivity index (χ0) is 38.9. The normalized spacial score (nSPS) is 11.7. The summed E-state index contributed by atoms with van der Waals surface area (Å²) in [6, 6.07) is 73.1. The first kappa shape index (κ1) is 33.2. The van der Waals surface area contributed by atoms with Crippen LogP contribution >= 0.6 is 0 Å². The summed E-state index contributed by atoms with van der Waals surface area (Å²) in [6.07, 6.45) is 0. The first-order chi connectivity index (χ1) is 29.3. The van der Waals surface area contributed by atoms with Crippen LogP contribution in [0.1, 0.15) is 0 Å². The lowest BCUT2D eigenvalue weighted by Gasteiger charge is -2.15. The van der Waals surface area contributed by atoms with E-state index >= 15 is 0 Å². The van der Waals surface area contributed by atoms with Gasteiger partial charge in [-0.25, -0.2) is 15.0 Å². The van der Waals surface area contributed by atoms with Gasteiger partial charge in [-0.1, -0.05) is 170 Å². The molecule has 0 unspecified atom stereocenters. The Bertz CT molecular complexity index is 3580. The molecule has 0 N–H and O–H groups in total. The number of pyridine rings is 3.